The Bertz CT molecular complexity index is 1230. The molecule has 202 valence electrons. The SMILES string of the molecule is COc1ncc(N2CCOCC2)cc1SNc1cncc(-c2ccc(CN3CC(C)OC(C)C3)cc2F)c1. The van der Waals surface area contributed by atoms with Crippen molar-refractivity contribution in [3.8, 4) is 17.0 Å². The fourth-order valence-electron chi connectivity index (χ4n) is 4.96. The molecule has 38 heavy (non-hydrogen) atoms. The Morgan fingerprint density at radius 1 is 1.08 bits per heavy atom. The molecule has 10 heteroatoms. The summed E-state index contributed by atoms with van der Waals surface area (Å²) in [5.41, 5.74) is 3.96. The van der Waals surface area contributed by atoms with Gasteiger partial charge in [0.15, 0.2) is 0 Å². The van der Waals surface area contributed by atoms with E-state index in [1.807, 2.05) is 24.4 Å². The second kappa shape index (κ2) is 12.3. The van der Waals surface area contributed by atoms with Crippen LogP contribution < -0.4 is 14.4 Å². The Balaban J connectivity index is 1.27. The molecular weight excluding hydrogens is 505 g/mol. The van der Waals surface area contributed by atoms with Crippen molar-refractivity contribution in [2.24, 2.45) is 0 Å². The molecule has 2 aliphatic heterocycles. The number of nitrogens with zero attached hydrogens (tertiary/aromatic N) is 4. The predicted octanol–water partition coefficient (Wildman–Crippen LogP) is 4.86. The van der Waals surface area contributed by atoms with Gasteiger partial charge in [-0.25, -0.2) is 9.37 Å². The average molecular weight is 540 g/mol. The third-order valence-corrected chi connectivity index (χ3v) is 7.49. The smallest absolute Gasteiger partial charge is 0.229 e. The quantitative estimate of drug-likeness (QED) is 0.404. The van der Waals surface area contributed by atoms with E-state index in [0.717, 1.165) is 48.0 Å². The highest BCUT2D eigenvalue weighted by Crippen LogP contribution is 2.33. The minimum Gasteiger partial charge on any atom is -0.480 e. The maximum Gasteiger partial charge on any atom is 0.229 e. The molecule has 4 heterocycles. The number of hydrogen-bond acceptors (Lipinski definition) is 9. The molecule has 2 aromatic heterocycles. The molecule has 0 saturated carbocycles. The molecule has 2 atom stereocenters. The van der Waals surface area contributed by atoms with Crippen LogP contribution in [0.25, 0.3) is 11.1 Å². The first kappa shape index (κ1) is 26.7. The van der Waals surface area contributed by atoms with Gasteiger partial charge in [-0.05, 0) is 49.6 Å². The van der Waals surface area contributed by atoms with Gasteiger partial charge in [-0.15, -0.1) is 0 Å². The Morgan fingerprint density at radius 3 is 2.61 bits per heavy atom. The van der Waals surface area contributed by atoms with Gasteiger partial charge in [-0.2, -0.15) is 0 Å². The number of rotatable bonds is 8. The average Bonchev–Trinajstić information content (AvgIpc) is 2.92. The predicted molar refractivity (Wildman–Crippen MR) is 148 cm³/mol. The topological polar surface area (TPSA) is 72.0 Å². The molecule has 0 amide bonds. The zero-order valence-corrected chi connectivity index (χ0v) is 22.8. The number of methoxy groups -OCH3 is 1. The summed E-state index contributed by atoms with van der Waals surface area (Å²) < 4.78 is 35.3. The molecule has 0 spiro atoms. The molecule has 1 N–H and O–H groups in total. The van der Waals surface area contributed by atoms with Crippen molar-refractivity contribution in [3.63, 3.8) is 0 Å². The molecule has 2 aliphatic rings. The molecule has 3 aromatic rings. The van der Waals surface area contributed by atoms with Gasteiger partial charge in [0.1, 0.15) is 5.82 Å². The van der Waals surface area contributed by atoms with Crippen molar-refractivity contribution in [3.05, 3.63) is 60.3 Å². The normalized spacial score (nSPS) is 20.4. The van der Waals surface area contributed by atoms with Crippen LogP contribution in [0.5, 0.6) is 5.88 Å². The summed E-state index contributed by atoms with van der Waals surface area (Å²) in [6.07, 6.45) is 5.58. The van der Waals surface area contributed by atoms with Crippen LogP contribution in [0.15, 0.2) is 53.8 Å². The lowest BCUT2D eigenvalue weighted by atomic mass is 10.0. The van der Waals surface area contributed by atoms with Crippen LogP contribution in [0.4, 0.5) is 15.8 Å². The van der Waals surface area contributed by atoms with E-state index in [-0.39, 0.29) is 18.0 Å². The molecule has 5 rings (SSSR count). The highest BCUT2D eigenvalue weighted by atomic mass is 32.2. The van der Waals surface area contributed by atoms with Gasteiger partial charge in [-0.1, -0.05) is 12.1 Å². The molecule has 2 fully saturated rings. The molecule has 2 unspecified atom stereocenters. The Kier molecular flexibility index (Phi) is 8.63. The lowest BCUT2D eigenvalue weighted by molar-refractivity contribution is -0.0705. The lowest BCUT2D eigenvalue weighted by Gasteiger charge is -2.35. The van der Waals surface area contributed by atoms with Crippen LogP contribution in [-0.4, -0.2) is 73.6 Å². The Hall–Kier alpha value is -2.92. The second-order valence-corrected chi connectivity index (χ2v) is 10.6. The fourth-order valence-corrected chi connectivity index (χ4v) is 5.70. The number of anilines is 2. The van der Waals surface area contributed by atoms with Gasteiger partial charge in [0, 0.05) is 50.0 Å². The van der Waals surface area contributed by atoms with Crippen molar-refractivity contribution < 1.29 is 18.6 Å². The van der Waals surface area contributed by atoms with E-state index in [1.54, 1.807) is 25.6 Å². The fraction of sp³-hybridized carbons (Fsp3) is 0.429. The summed E-state index contributed by atoms with van der Waals surface area (Å²) in [7, 11) is 1.61. The number of hydrogen-bond donors (Lipinski definition) is 1. The summed E-state index contributed by atoms with van der Waals surface area (Å²) in [6.45, 7) is 9.60. The zero-order chi connectivity index (χ0) is 26.5. The van der Waals surface area contributed by atoms with Crippen LogP contribution in [0, 0.1) is 5.82 Å². The van der Waals surface area contributed by atoms with Gasteiger partial charge < -0.3 is 23.8 Å². The van der Waals surface area contributed by atoms with E-state index in [4.69, 9.17) is 14.2 Å². The van der Waals surface area contributed by atoms with E-state index in [9.17, 15) is 0 Å². The summed E-state index contributed by atoms with van der Waals surface area (Å²) >= 11 is 1.39. The van der Waals surface area contributed by atoms with Crippen LogP contribution in [0.3, 0.4) is 0 Å². The van der Waals surface area contributed by atoms with E-state index < -0.39 is 0 Å². The van der Waals surface area contributed by atoms with Crippen LogP contribution in [0.2, 0.25) is 0 Å². The summed E-state index contributed by atoms with van der Waals surface area (Å²) in [4.78, 5) is 14.2. The van der Waals surface area contributed by atoms with Crippen molar-refractivity contribution in [2.45, 2.75) is 37.5 Å². The molecule has 1 aromatic carbocycles. The van der Waals surface area contributed by atoms with Gasteiger partial charge >= 0.3 is 0 Å². The lowest BCUT2D eigenvalue weighted by Crippen LogP contribution is -2.44. The first-order chi connectivity index (χ1) is 18.5. The standard InChI is InChI=1S/C28H34FN5O3S/c1-19-16-33(17-20(2)37-19)18-21-4-5-25(26(29)10-21)22-11-23(14-30-13-22)32-38-27-12-24(15-31-28(27)35-3)34-6-8-36-9-7-34/h4-5,10-15,19-20,32H,6-9,16-18H2,1-3H3. The van der Waals surface area contributed by atoms with Crippen molar-refractivity contribution in [1.82, 2.24) is 14.9 Å². The van der Waals surface area contributed by atoms with E-state index >= 15 is 4.39 Å². The van der Waals surface area contributed by atoms with Crippen molar-refractivity contribution in [2.75, 3.05) is 56.1 Å². The second-order valence-electron chi connectivity index (χ2n) is 9.73. The van der Waals surface area contributed by atoms with Gasteiger partial charge in [0.25, 0.3) is 0 Å². The number of benzene rings is 1. The van der Waals surface area contributed by atoms with E-state index in [1.165, 1.54) is 11.9 Å². The number of halogens is 1. The van der Waals surface area contributed by atoms with Crippen molar-refractivity contribution in [1.29, 1.82) is 0 Å². The molecule has 8 nitrogen and oxygen atoms in total. The van der Waals surface area contributed by atoms with Gasteiger partial charge in [0.2, 0.25) is 5.88 Å². The number of pyridine rings is 2. The highest BCUT2D eigenvalue weighted by molar-refractivity contribution is 8.00. The van der Waals surface area contributed by atoms with Crippen LogP contribution in [0.1, 0.15) is 19.4 Å². The van der Waals surface area contributed by atoms with E-state index in [2.05, 4.69) is 44.4 Å². The third-order valence-electron chi connectivity index (χ3n) is 6.64. The molecular formula is C28H34FN5O3S. The molecule has 0 radical (unpaired) electrons. The van der Waals surface area contributed by atoms with Crippen molar-refractivity contribution >= 4 is 23.3 Å². The van der Waals surface area contributed by atoms with Gasteiger partial charge in [0.05, 0.1) is 61.2 Å². The van der Waals surface area contributed by atoms with Gasteiger partial charge in [-0.3, -0.25) is 9.88 Å². The summed E-state index contributed by atoms with van der Waals surface area (Å²) in [5, 5.41) is 0. The molecule has 2 saturated heterocycles. The minimum atomic E-state index is -0.257. The highest BCUT2D eigenvalue weighted by Gasteiger charge is 2.22. The monoisotopic (exact) mass is 539 g/mol. The van der Waals surface area contributed by atoms with Crippen LogP contribution in [-0.2, 0) is 16.0 Å². The summed E-state index contributed by atoms with van der Waals surface area (Å²) in [6, 6.07) is 9.41. The Morgan fingerprint density at radius 2 is 1.87 bits per heavy atom. The van der Waals surface area contributed by atoms with Crippen LogP contribution >= 0.6 is 11.9 Å². The molecule has 0 bridgehead atoms. The summed E-state index contributed by atoms with van der Waals surface area (Å²) in [5.74, 6) is 0.279. The first-order valence-corrected chi connectivity index (χ1v) is 13.7. The maximum atomic E-state index is 15.2. The number of morpholine rings is 2. The zero-order valence-electron chi connectivity index (χ0n) is 22.0. The molecule has 0 aliphatic carbocycles. The maximum absolute atomic E-state index is 15.2. The Labute approximate surface area is 227 Å². The van der Waals surface area contributed by atoms with E-state index in [0.29, 0.717) is 36.8 Å². The largest absolute Gasteiger partial charge is 0.480 e. The third kappa shape index (κ3) is 6.55. The number of aromatic nitrogens is 2. The number of ether oxygens (including phenoxy) is 3. The minimum absolute atomic E-state index is 0.180. The number of nitrogens with one attached hydrogen (secondary N) is 1. The first-order valence-electron chi connectivity index (χ1n) is 12.9.